The molecule has 144 valence electrons. The molecule has 0 unspecified atom stereocenters. The fourth-order valence-electron chi connectivity index (χ4n) is 3.38. The van der Waals surface area contributed by atoms with Crippen LogP contribution < -0.4 is 0 Å². The van der Waals surface area contributed by atoms with E-state index in [2.05, 4.69) is 16.3 Å². The van der Waals surface area contributed by atoms with Crippen LogP contribution in [-0.4, -0.2) is 37.9 Å². The van der Waals surface area contributed by atoms with E-state index in [0.29, 0.717) is 29.0 Å². The first-order valence-electron chi connectivity index (χ1n) is 9.45. The lowest BCUT2D eigenvalue weighted by Gasteiger charge is -2.22. The van der Waals surface area contributed by atoms with Crippen molar-refractivity contribution in [1.82, 2.24) is 19.7 Å². The maximum Gasteiger partial charge on any atom is 0.237 e. The topological polar surface area (TPSA) is 64.2 Å². The Morgan fingerprint density at radius 1 is 1.21 bits per heavy atom. The van der Waals surface area contributed by atoms with Crippen LogP contribution in [0.2, 0.25) is 0 Å². The minimum absolute atomic E-state index is 0.0998. The number of nitrogens with zero attached hydrogens (tertiary/aromatic N) is 4. The molecule has 0 fully saturated rings. The lowest BCUT2D eigenvalue weighted by molar-refractivity contribution is -0.126. The molecule has 2 heterocycles. The zero-order valence-electron chi connectivity index (χ0n) is 15.7. The van der Waals surface area contributed by atoms with Crippen LogP contribution in [0, 0.1) is 0 Å². The van der Waals surface area contributed by atoms with Crippen LogP contribution in [0.15, 0.2) is 70.1 Å². The smallest absolute Gasteiger partial charge is 0.237 e. The summed E-state index contributed by atoms with van der Waals surface area (Å²) in [4.78, 5) is 14.7. The van der Waals surface area contributed by atoms with Crippen LogP contribution in [0.1, 0.15) is 26.2 Å². The number of carbonyl (C=O) groups is 1. The van der Waals surface area contributed by atoms with Gasteiger partial charge in [-0.3, -0.25) is 9.36 Å². The van der Waals surface area contributed by atoms with Crippen molar-refractivity contribution in [3.63, 3.8) is 0 Å². The predicted octanol–water partition coefficient (Wildman–Crippen LogP) is 4.54. The van der Waals surface area contributed by atoms with Gasteiger partial charge in [0.2, 0.25) is 11.7 Å². The molecular weight excluding hydrogens is 372 g/mol. The number of furan rings is 1. The number of hydrogen-bond acceptors (Lipinski definition) is 5. The molecule has 0 saturated carbocycles. The van der Waals surface area contributed by atoms with Crippen molar-refractivity contribution in [1.29, 1.82) is 0 Å². The summed E-state index contributed by atoms with van der Waals surface area (Å²) >= 11 is 1.40. The fraction of sp³-hybridized carbons (Fsp3) is 0.286. The largest absolute Gasteiger partial charge is 0.461 e. The Kier molecular flexibility index (Phi) is 5.62. The lowest BCUT2D eigenvalue weighted by atomic mass is 10.3. The Morgan fingerprint density at radius 3 is 2.75 bits per heavy atom. The summed E-state index contributed by atoms with van der Waals surface area (Å²) in [5, 5.41) is 9.32. The van der Waals surface area contributed by atoms with Gasteiger partial charge in [-0.1, -0.05) is 36.0 Å². The van der Waals surface area contributed by atoms with Crippen LogP contribution >= 0.6 is 11.8 Å². The number of hydrogen-bond donors (Lipinski definition) is 0. The van der Waals surface area contributed by atoms with Gasteiger partial charge in [0.15, 0.2) is 10.9 Å². The van der Waals surface area contributed by atoms with Crippen LogP contribution in [0.3, 0.4) is 0 Å². The van der Waals surface area contributed by atoms with E-state index in [9.17, 15) is 4.79 Å². The van der Waals surface area contributed by atoms with E-state index in [1.165, 1.54) is 11.8 Å². The van der Waals surface area contributed by atoms with Crippen molar-refractivity contribution in [3.05, 3.63) is 60.5 Å². The molecule has 1 aliphatic carbocycles. The second-order valence-corrected chi connectivity index (χ2v) is 7.41. The van der Waals surface area contributed by atoms with Crippen LogP contribution in [0.5, 0.6) is 0 Å². The van der Waals surface area contributed by atoms with Gasteiger partial charge in [-0.15, -0.1) is 10.2 Å². The number of thioether (sulfide) groups is 1. The van der Waals surface area contributed by atoms with Gasteiger partial charge in [-0.25, -0.2) is 0 Å². The molecule has 0 aliphatic heterocycles. The summed E-state index contributed by atoms with van der Waals surface area (Å²) in [5.74, 6) is 1.68. The van der Waals surface area contributed by atoms with Gasteiger partial charge in [0.1, 0.15) is 0 Å². The number of carbonyl (C=O) groups excluding carboxylic acids is 1. The van der Waals surface area contributed by atoms with Crippen molar-refractivity contribution >= 4 is 17.7 Å². The zero-order valence-corrected chi connectivity index (χ0v) is 16.6. The number of rotatable bonds is 7. The molecule has 0 radical (unpaired) electrons. The van der Waals surface area contributed by atoms with Gasteiger partial charge in [-0.05, 0) is 50.5 Å². The minimum atomic E-state index is 0.0998. The third kappa shape index (κ3) is 3.75. The fourth-order valence-corrected chi connectivity index (χ4v) is 4.21. The Hall–Kier alpha value is -2.80. The number of aromatic nitrogens is 3. The van der Waals surface area contributed by atoms with E-state index >= 15 is 0 Å². The SMILES string of the molecule is CCN(C(=O)CSc1nnc(-c2ccco2)n1-c1ccccc1)C1=CCCC1. The molecule has 0 spiro atoms. The van der Waals surface area contributed by atoms with E-state index in [-0.39, 0.29) is 5.91 Å². The Labute approximate surface area is 168 Å². The van der Waals surface area contributed by atoms with E-state index in [4.69, 9.17) is 4.42 Å². The standard InChI is InChI=1S/C21H22N4O2S/c1-2-24(16-9-6-7-10-16)19(26)15-28-21-23-22-20(18-13-8-14-27-18)25(21)17-11-4-3-5-12-17/h3-5,8-9,11-14H,2,6-7,10,15H2,1H3. The first kappa shape index (κ1) is 18.6. The average Bonchev–Trinajstić information content (AvgIpc) is 3.48. The Morgan fingerprint density at radius 2 is 2.07 bits per heavy atom. The molecule has 4 rings (SSSR count). The highest BCUT2D eigenvalue weighted by Gasteiger charge is 2.22. The van der Waals surface area contributed by atoms with Gasteiger partial charge < -0.3 is 9.32 Å². The molecule has 0 atom stereocenters. The van der Waals surface area contributed by atoms with Crippen molar-refractivity contribution in [3.8, 4) is 17.3 Å². The molecule has 3 aromatic rings. The first-order chi connectivity index (χ1) is 13.8. The lowest BCUT2D eigenvalue weighted by Crippen LogP contribution is -2.31. The van der Waals surface area contributed by atoms with E-state index in [1.54, 1.807) is 6.26 Å². The first-order valence-corrected chi connectivity index (χ1v) is 10.4. The maximum absolute atomic E-state index is 12.8. The molecule has 0 bridgehead atoms. The van der Waals surface area contributed by atoms with Crippen LogP contribution in [0.4, 0.5) is 0 Å². The molecule has 7 heteroatoms. The van der Waals surface area contributed by atoms with Crippen molar-refractivity contribution < 1.29 is 9.21 Å². The third-order valence-electron chi connectivity index (χ3n) is 4.70. The van der Waals surface area contributed by atoms with Gasteiger partial charge in [0, 0.05) is 17.9 Å². The van der Waals surface area contributed by atoms with Crippen LogP contribution in [0.25, 0.3) is 17.3 Å². The quantitative estimate of drug-likeness (QED) is 0.551. The number of allylic oxidation sites excluding steroid dienone is 2. The zero-order chi connectivity index (χ0) is 19.3. The summed E-state index contributed by atoms with van der Waals surface area (Å²) in [6, 6.07) is 13.6. The summed E-state index contributed by atoms with van der Waals surface area (Å²) < 4.78 is 7.46. The molecule has 6 nitrogen and oxygen atoms in total. The van der Waals surface area contributed by atoms with Gasteiger partial charge >= 0.3 is 0 Å². The number of benzene rings is 1. The second kappa shape index (κ2) is 8.48. The van der Waals surface area contributed by atoms with Crippen molar-refractivity contribution in [2.45, 2.75) is 31.3 Å². The molecule has 2 aromatic heterocycles. The molecule has 0 saturated heterocycles. The number of para-hydroxylation sites is 1. The predicted molar refractivity (Wildman–Crippen MR) is 109 cm³/mol. The van der Waals surface area contributed by atoms with Gasteiger partial charge in [0.05, 0.1) is 12.0 Å². The highest BCUT2D eigenvalue weighted by Crippen LogP contribution is 2.29. The molecule has 1 aromatic carbocycles. The highest BCUT2D eigenvalue weighted by molar-refractivity contribution is 7.99. The highest BCUT2D eigenvalue weighted by atomic mass is 32.2. The average molecular weight is 395 g/mol. The third-order valence-corrected chi connectivity index (χ3v) is 5.61. The minimum Gasteiger partial charge on any atom is -0.461 e. The summed E-state index contributed by atoms with van der Waals surface area (Å²) in [6.45, 7) is 2.71. The van der Waals surface area contributed by atoms with Gasteiger partial charge in [-0.2, -0.15) is 0 Å². The van der Waals surface area contributed by atoms with Crippen molar-refractivity contribution in [2.75, 3.05) is 12.3 Å². The summed E-state index contributed by atoms with van der Waals surface area (Å²) in [7, 11) is 0. The Bertz CT molecular complexity index is 964. The van der Waals surface area contributed by atoms with Gasteiger partial charge in [0.25, 0.3) is 0 Å². The van der Waals surface area contributed by atoms with Crippen LogP contribution in [-0.2, 0) is 4.79 Å². The Balaban J connectivity index is 1.59. The van der Waals surface area contributed by atoms with E-state index in [1.807, 2.05) is 58.9 Å². The monoisotopic (exact) mass is 394 g/mol. The molecule has 1 amide bonds. The maximum atomic E-state index is 12.8. The number of amides is 1. The normalized spacial score (nSPS) is 13.5. The molecule has 1 aliphatic rings. The summed E-state index contributed by atoms with van der Waals surface area (Å²) in [5.41, 5.74) is 2.08. The second-order valence-electron chi connectivity index (χ2n) is 6.47. The van der Waals surface area contributed by atoms with E-state index in [0.717, 1.165) is 30.6 Å². The molecular formula is C21H22N4O2S. The molecule has 28 heavy (non-hydrogen) atoms. The van der Waals surface area contributed by atoms with Crippen molar-refractivity contribution in [2.24, 2.45) is 0 Å². The summed E-state index contributed by atoms with van der Waals surface area (Å²) in [6.07, 6.45) is 6.95. The molecule has 0 N–H and O–H groups in total. The van der Waals surface area contributed by atoms with E-state index < -0.39 is 0 Å².